The van der Waals surface area contributed by atoms with Gasteiger partial charge in [0.25, 0.3) is 0 Å². The number of hydrogen-bond acceptors (Lipinski definition) is 3. The van der Waals surface area contributed by atoms with Gasteiger partial charge in [0.2, 0.25) is 9.84 Å². The summed E-state index contributed by atoms with van der Waals surface area (Å²) < 4.78 is 24.4. The van der Waals surface area contributed by atoms with Gasteiger partial charge < -0.3 is 0 Å². The monoisotopic (exact) mass is 233 g/mol. The van der Waals surface area contributed by atoms with Crippen molar-refractivity contribution in [3.63, 3.8) is 0 Å². The van der Waals surface area contributed by atoms with Crippen molar-refractivity contribution < 1.29 is 8.42 Å². The Balaban J connectivity index is 2.62. The molecule has 0 aliphatic heterocycles. The van der Waals surface area contributed by atoms with E-state index >= 15 is 0 Å². The van der Waals surface area contributed by atoms with Crippen molar-refractivity contribution in [2.75, 3.05) is 0 Å². The molecule has 0 saturated carbocycles. The zero-order valence-corrected chi connectivity index (χ0v) is 9.61. The minimum absolute atomic E-state index is 0.0873. The second-order valence-electron chi connectivity index (χ2n) is 3.44. The zero-order chi connectivity index (χ0) is 11.6. The van der Waals surface area contributed by atoms with Crippen molar-refractivity contribution in [1.82, 2.24) is 4.98 Å². The van der Waals surface area contributed by atoms with Crippen LogP contribution in [-0.4, -0.2) is 13.4 Å². The van der Waals surface area contributed by atoms with Gasteiger partial charge in [0.1, 0.15) is 0 Å². The third kappa shape index (κ3) is 1.84. The molecule has 0 saturated heterocycles. The van der Waals surface area contributed by atoms with Gasteiger partial charge in [-0.1, -0.05) is 24.3 Å². The summed E-state index contributed by atoms with van der Waals surface area (Å²) in [6.45, 7) is 1.77. The summed E-state index contributed by atoms with van der Waals surface area (Å²) in [7, 11) is -3.48. The molecule has 0 atom stereocenters. The Morgan fingerprint density at radius 1 is 1.00 bits per heavy atom. The van der Waals surface area contributed by atoms with E-state index in [1.165, 1.54) is 12.3 Å². The summed E-state index contributed by atoms with van der Waals surface area (Å²) in [5, 5.41) is 0.0873. The van der Waals surface area contributed by atoms with E-state index < -0.39 is 9.84 Å². The van der Waals surface area contributed by atoms with E-state index in [1.54, 1.807) is 37.3 Å². The second-order valence-corrected chi connectivity index (χ2v) is 5.30. The standard InChI is InChI=1S/C12H11NO2S/c1-10-6-2-3-7-11(10)16(14,15)12-8-4-5-9-13-12/h2-9H,1H3. The Morgan fingerprint density at radius 2 is 1.69 bits per heavy atom. The smallest absolute Gasteiger partial charge is 0.224 e. The molecule has 2 aromatic rings. The van der Waals surface area contributed by atoms with Crippen LogP contribution in [0, 0.1) is 6.92 Å². The van der Waals surface area contributed by atoms with Crippen molar-refractivity contribution in [2.45, 2.75) is 16.8 Å². The zero-order valence-electron chi connectivity index (χ0n) is 8.79. The van der Waals surface area contributed by atoms with Gasteiger partial charge in [0.05, 0.1) is 4.90 Å². The molecule has 0 fully saturated rings. The van der Waals surface area contributed by atoms with Crippen LogP contribution >= 0.6 is 0 Å². The Kier molecular flexibility index (Phi) is 2.75. The average molecular weight is 233 g/mol. The molecule has 0 unspecified atom stereocenters. The first-order chi connectivity index (χ1) is 7.62. The predicted molar refractivity (Wildman–Crippen MR) is 60.9 cm³/mol. The van der Waals surface area contributed by atoms with Gasteiger partial charge in [-0.3, -0.25) is 0 Å². The summed E-state index contributed by atoms with van der Waals surface area (Å²) in [6, 6.07) is 11.8. The maximum Gasteiger partial charge on any atom is 0.224 e. The van der Waals surface area contributed by atoms with E-state index in [0.29, 0.717) is 4.90 Å². The summed E-state index contributed by atoms with van der Waals surface area (Å²) in [5.41, 5.74) is 0.730. The topological polar surface area (TPSA) is 47.0 Å². The molecule has 0 amide bonds. The third-order valence-corrected chi connectivity index (χ3v) is 4.13. The number of rotatable bonds is 2. The first kappa shape index (κ1) is 10.8. The van der Waals surface area contributed by atoms with Crippen LogP contribution in [0.3, 0.4) is 0 Å². The van der Waals surface area contributed by atoms with Gasteiger partial charge in [-0.05, 0) is 30.7 Å². The molecule has 4 heteroatoms. The second kappa shape index (κ2) is 4.06. The molecule has 1 aromatic carbocycles. The summed E-state index contributed by atoms with van der Waals surface area (Å²) >= 11 is 0. The first-order valence-electron chi connectivity index (χ1n) is 4.84. The Hall–Kier alpha value is -1.68. The Morgan fingerprint density at radius 3 is 2.31 bits per heavy atom. The molecule has 2 rings (SSSR count). The average Bonchev–Trinajstić information content (AvgIpc) is 2.30. The Labute approximate surface area is 94.7 Å². The minimum atomic E-state index is -3.48. The molecular weight excluding hydrogens is 222 g/mol. The molecule has 0 spiro atoms. The number of benzene rings is 1. The molecule has 0 radical (unpaired) electrons. The van der Waals surface area contributed by atoms with Gasteiger partial charge in [0.15, 0.2) is 5.03 Å². The van der Waals surface area contributed by atoms with E-state index in [2.05, 4.69) is 4.98 Å². The van der Waals surface area contributed by atoms with Crippen LogP contribution in [0.2, 0.25) is 0 Å². The number of sulfone groups is 1. The van der Waals surface area contributed by atoms with Crippen molar-refractivity contribution >= 4 is 9.84 Å². The largest absolute Gasteiger partial charge is 0.244 e. The van der Waals surface area contributed by atoms with Crippen LogP contribution in [0.5, 0.6) is 0 Å². The summed E-state index contributed by atoms with van der Waals surface area (Å²) in [6.07, 6.45) is 1.48. The number of hydrogen-bond donors (Lipinski definition) is 0. The van der Waals surface area contributed by atoms with Gasteiger partial charge >= 0.3 is 0 Å². The van der Waals surface area contributed by atoms with E-state index in [0.717, 1.165) is 5.56 Å². The van der Waals surface area contributed by atoms with E-state index in [1.807, 2.05) is 6.07 Å². The van der Waals surface area contributed by atoms with Crippen molar-refractivity contribution in [2.24, 2.45) is 0 Å². The summed E-state index contributed by atoms with van der Waals surface area (Å²) in [5.74, 6) is 0. The third-order valence-electron chi connectivity index (χ3n) is 2.30. The highest BCUT2D eigenvalue weighted by Crippen LogP contribution is 2.21. The van der Waals surface area contributed by atoms with Crippen molar-refractivity contribution in [3.8, 4) is 0 Å². The molecular formula is C12H11NO2S. The highest BCUT2D eigenvalue weighted by atomic mass is 32.2. The van der Waals surface area contributed by atoms with Crippen molar-refractivity contribution in [3.05, 3.63) is 54.2 Å². The maximum absolute atomic E-state index is 12.2. The van der Waals surface area contributed by atoms with Gasteiger partial charge in [-0.25, -0.2) is 13.4 Å². The number of aryl methyl sites for hydroxylation is 1. The maximum atomic E-state index is 12.2. The predicted octanol–water partition coefficient (Wildman–Crippen LogP) is 2.22. The van der Waals surface area contributed by atoms with Crippen LogP contribution < -0.4 is 0 Å². The molecule has 1 aromatic heterocycles. The van der Waals surface area contributed by atoms with Crippen LogP contribution in [-0.2, 0) is 9.84 Å². The molecule has 0 N–H and O–H groups in total. The molecule has 1 heterocycles. The first-order valence-corrected chi connectivity index (χ1v) is 6.32. The minimum Gasteiger partial charge on any atom is -0.244 e. The van der Waals surface area contributed by atoms with Gasteiger partial charge in [-0.2, -0.15) is 0 Å². The van der Waals surface area contributed by atoms with Crippen LogP contribution in [0.1, 0.15) is 5.56 Å². The fourth-order valence-electron chi connectivity index (χ4n) is 1.48. The molecule has 82 valence electrons. The van der Waals surface area contributed by atoms with E-state index in [-0.39, 0.29) is 5.03 Å². The van der Waals surface area contributed by atoms with E-state index in [4.69, 9.17) is 0 Å². The van der Waals surface area contributed by atoms with Crippen LogP contribution in [0.15, 0.2) is 58.6 Å². The van der Waals surface area contributed by atoms with Crippen LogP contribution in [0.25, 0.3) is 0 Å². The molecule has 0 bridgehead atoms. The number of pyridine rings is 1. The van der Waals surface area contributed by atoms with Gasteiger partial charge in [0, 0.05) is 6.20 Å². The normalized spacial score (nSPS) is 11.3. The molecule has 0 aliphatic rings. The molecule has 16 heavy (non-hydrogen) atoms. The highest BCUT2D eigenvalue weighted by Gasteiger charge is 2.19. The number of nitrogens with zero attached hydrogens (tertiary/aromatic N) is 1. The Bertz CT molecular complexity index is 591. The SMILES string of the molecule is Cc1ccccc1S(=O)(=O)c1ccccn1. The lowest BCUT2D eigenvalue weighted by atomic mass is 10.2. The van der Waals surface area contributed by atoms with Gasteiger partial charge in [-0.15, -0.1) is 0 Å². The lowest BCUT2D eigenvalue weighted by molar-refractivity contribution is 0.592. The lowest BCUT2D eigenvalue weighted by Crippen LogP contribution is -2.05. The highest BCUT2D eigenvalue weighted by molar-refractivity contribution is 7.91. The molecule has 0 aliphatic carbocycles. The quantitative estimate of drug-likeness (QED) is 0.799. The van der Waals surface area contributed by atoms with Crippen molar-refractivity contribution in [1.29, 1.82) is 0 Å². The lowest BCUT2D eigenvalue weighted by Gasteiger charge is -2.05. The molecule has 3 nitrogen and oxygen atoms in total. The summed E-state index contributed by atoms with van der Waals surface area (Å²) in [4.78, 5) is 4.19. The fourth-order valence-corrected chi connectivity index (χ4v) is 2.91. The number of aromatic nitrogens is 1. The fraction of sp³-hybridized carbons (Fsp3) is 0.0833. The van der Waals surface area contributed by atoms with E-state index in [9.17, 15) is 8.42 Å². The van der Waals surface area contributed by atoms with Crippen LogP contribution in [0.4, 0.5) is 0 Å².